The number of hydrogen-bond donors (Lipinski definition) is 1. The maximum Gasteiger partial charge on any atom is -0.00747 e. The summed E-state index contributed by atoms with van der Waals surface area (Å²) < 4.78 is 0. The first-order chi connectivity index (χ1) is 3.81. The first-order valence-corrected chi connectivity index (χ1v) is 3.51. The van der Waals surface area contributed by atoms with E-state index in [1.165, 1.54) is 19.3 Å². The molecule has 0 saturated carbocycles. The van der Waals surface area contributed by atoms with Crippen LogP contribution in [0.25, 0.3) is 0 Å². The van der Waals surface area contributed by atoms with Crippen molar-refractivity contribution in [3.05, 3.63) is 0 Å². The van der Waals surface area contributed by atoms with Crippen LogP contribution in [0.4, 0.5) is 0 Å². The molecule has 0 amide bonds. The Morgan fingerprint density at radius 3 is 2.38 bits per heavy atom. The third-order valence-corrected chi connectivity index (χ3v) is 1.44. The lowest BCUT2D eigenvalue weighted by atomic mass is 10.0. The molecule has 0 rings (SSSR count). The van der Waals surface area contributed by atoms with E-state index in [1.807, 2.05) is 0 Å². The highest BCUT2D eigenvalue weighted by Gasteiger charge is 1.95. The van der Waals surface area contributed by atoms with Crippen LogP contribution in [-0.2, 0) is 0 Å². The summed E-state index contributed by atoms with van der Waals surface area (Å²) in [5, 5.41) is 0. The molecule has 0 heterocycles. The van der Waals surface area contributed by atoms with Gasteiger partial charge in [-0.1, -0.05) is 26.7 Å². The molecule has 50 valence electrons. The molecule has 0 radical (unpaired) electrons. The number of hydrogen-bond acceptors (Lipinski definition) is 1. The van der Waals surface area contributed by atoms with E-state index in [9.17, 15) is 0 Å². The van der Waals surface area contributed by atoms with E-state index in [0.29, 0.717) is 0 Å². The molecule has 1 atom stereocenters. The minimum atomic E-state index is 0.838. The molecule has 1 nitrogen and oxygen atoms in total. The van der Waals surface area contributed by atoms with E-state index in [0.717, 1.165) is 12.5 Å². The summed E-state index contributed by atoms with van der Waals surface area (Å²) in [6.45, 7) is 5.32. The van der Waals surface area contributed by atoms with Gasteiger partial charge in [0.05, 0.1) is 0 Å². The molecule has 0 aliphatic rings. The van der Waals surface area contributed by atoms with Crippen molar-refractivity contribution in [2.45, 2.75) is 33.1 Å². The predicted octanol–water partition coefficient (Wildman–Crippen LogP) is 1.77. The fourth-order valence-corrected chi connectivity index (χ4v) is 0.922. The molecule has 0 aromatic rings. The lowest BCUT2D eigenvalue weighted by Gasteiger charge is -2.05. The average Bonchev–Trinajstić information content (AvgIpc) is 1.68. The van der Waals surface area contributed by atoms with Crippen LogP contribution < -0.4 is 5.73 Å². The fraction of sp³-hybridized carbons (Fsp3) is 1.00. The lowest BCUT2D eigenvalue weighted by molar-refractivity contribution is 0.493. The Morgan fingerprint density at radius 1 is 1.38 bits per heavy atom. The molecule has 0 aromatic carbocycles. The van der Waals surface area contributed by atoms with E-state index in [1.54, 1.807) is 0 Å². The molecular weight excluding hydrogens is 98.1 g/mol. The summed E-state index contributed by atoms with van der Waals surface area (Å²) in [7, 11) is 0. The molecule has 0 saturated heterocycles. The van der Waals surface area contributed by atoms with Crippen molar-refractivity contribution in [3.63, 3.8) is 0 Å². The van der Waals surface area contributed by atoms with Crippen LogP contribution in [0.5, 0.6) is 0 Å². The zero-order valence-corrected chi connectivity index (χ0v) is 5.98. The van der Waals surface area contributed by atoms with Gasteiger partial charge in [-0.15, -0.1) is 0 Å². The zero-order chi connectivity index (χ0) is 6.41. The van der Waals surface area contributed by atoms with Crippen LogP contribution in [0.2, 0.25) is 0 Å². The third kappa shape index (κ3) is 4.13. The van der Waals surface area contributed by atoms with Gasteiger partial charge in [0.15, 0.2) is 0 Å². The van der Waals surface area contributed by atoms with Crippen molar-refractivity contribution in [2.24, 2.45) is 11.7 Å². The quantitative estimate of drug-likeness (QED) is 0.593. The minimum Gasteiger partial charge on any atom is -0.330 e. The summed E-state index contributed by atoms with van der Waals surface area (Å²) in [4.78, 5) is 0. The summed E-state index contributed by atoms with van der Waals surface area (Å²) in [5.74, 6) is 0.838. The highest BCUT2D eigenvalue weighted by atomic mass is 14.5. The van der Waals surface area contributed by atoms with Gasteiger partial charge in [0, 0.05) is 0 Å². The molecule has 8 heavy (non-hydrogen) atoms. The molecule has 1 heteroatoms. The maximum atomic E-state index is 5.36. The van der Waals surface area contributed by atoms with Gasteiger partial charge in [0.2, 0.25) is 0 Å². The summed E-state index contributed by atoms with van der Waals surface area (Å²) >= 11 is 0. The second-order valence-corrected chi connectivity index (χ2v) is 2.47. The summed E-state index contributed by atoms with van der Waals surface area (Å²) in [6.07, 6.45) is 3.81. The monoisotopic (exact) mass is 115 g/mol. The SMILES string of the molecule is CCC[C@@H](C)CCN. The van der Waals surface area contributed by atoms with Gasteiger partial charge in [-0.3, -0.25) is 0 Å². The Morgan fingerprint density at radius 2 is 2.00 bits per heavy atom. The van der Waals surface area contributed by atoms with Crippen molar-refractivity contribution in [3.8, 4) is 0 Å². The van der Waals surface area contributed by atoms with Gasteiger partial charge in [-0.25, -0.2) is 0 Å². The van der Waals surface area contributed by atoms with Gasteiger partial charge in [0.1, 0.15) is 0 Å². The predicted molar refractivity (Wildman–Crippen MR) is 37.7 cm³/mol. The van der Waals surface area contributed by atoms with Gasteiger partial charge in [0.25, 0.3) is 0 Å². The second-order valence-electron chi connectivity index (χ2n) is 2.47. The van der Waals surface area contributed by atoms with Gasteiger partial charge >= 0.3 is 0 Å². The molecule has 0 fully saturated rings. The molecule has 0 spiro atoms. The van der Waals surface area contributed by atoms with Crippen LogP contribution >= 0.6 is 0 Å². The second kappa shape index (κ2) is 5.10. The average molecular weight is 115 g/mol. The molecule has 0 unspecified atom stereocenters. The van der Waals surface area contributed by atoms with Gasteiger partial charge in [-0.2, -0.15) is 0 Å². The normalized spacial score (nSPS) is 13.9. The van der Waals surface area contributed by atoms with Gasteiger partial charge in [-0.05, 0) is 18.9 Å². The third-order valence-electron chi connectivity index (χ3n) is 1.44. The van der Waals surface area contributed by atoms with Crippen LogP contribution in [0.3, 0.4) is 0 Å². The van der Waals surface area contributed by atoms with Crippen LogP contribution in [0.15, 0.2) is 0 Å². The van der Waals surface area contributed by atoms with Crippen molar-refractivity contribution < 1.29 is 0 Å². The number of rotatable bonds is 4. The highest BCUT2D eigenvalue weighted by molar-refractivity contribution is 4.50. The first-order valence-electron chi connectivity index (χ1n) is 3.51. The Hall–Kier alpha value is -0.0400. The Balaban J connectivity index is 2.92. The van der Waals surface area contributed by atoms with E-state index in [4.69, 9.17) is 5.73 Å². The van der Waals surface area contributed by atoms with E-state index in [2.05, 4.69) is 13.8 Å². The molecule has 0 aliphatic heterocycles. The van der Waals surface area contributed by atoms with E-state index >= 15 is 0 Å². The molecule has 0 aliphatic carbocycles. The molecule has 0 aromatic heterocycles. The topological polar surface area (TPSA) is 26.0 Å². The van der Waals surface area contributed by atoms with Crippen molar-refractivity contribution in [1.82, 2.24) is 0 Å². The van der Waals surface area contributed by atoms with Crippen molar-refractivity contribution in [2.75, 3.05) is 6.54 Å². The zero-order valence-electron chi connectivity index (χ0n) is 5.98. The van der Waals surface area contributed by atoms with Gasteiger partial charge < -0.3 is 5.73 Å². The standard InChI is InChI=1S/C7H17N/c1-3-4-7(2)5-6-8/h7H,3-6,8H2,1-2H3/t7-/m1/s1. The smallest absolute Gasteiger partial charge is 0.00747 e. The Bertz CT molecular complexity index is 37.7. The van der Waals surface area contributed by atoms with Crippen molar-refractivity contribution in [1.29, 1.82) is 0 Å². The summed E-state index contributed by atoms with van der Waals surface area (Å²) in [6, 6.07) is 0. The van der Waals surface area contributed by atoms with Crippen LogP contribution in [0.1, 0.15) is 33.1 Å². The molecule has 2 N–H and O–H groups in total. The van der Waals surface area contributed by atoms with Crippen molar-refractivity contribution >= 4 is 0 Å². The Kier molecular flexibility index (Phi) is 5.08. The lowest BCUT2D eigenvalue weighted by Crippen LogP contribution is -2.04. The number of nitrogens with two attached hydrogens (primary N) is 1. The van der Waals surface area contributed by atoms with Crippen LogP contribution in [-0.4, -0.2) is 6.54 Å². The minimum absolute atomic E-state index is 0.838. The van der Waals surface area contributed by atoms with E-state index < -0.39 is 0 Å². The highest BCUT2D eigenvalue weighted by Crippen LogP contribution is 2.07. The summed E-state index contributed by atoms with van der Waals surface area (Å²) in [5.41, 5.74) is 5.36. The molecular formula is C7H17N. The first kappa shape index (κ1) is 7.96. The largest absolute Gasteiger partial charge is 0.330 e. The molecule has 0 bridgehead atoms. The Labute approximate surface area is 52.3 Å². The maximum absolute atomic E-state index is 5.36. The fourth-order valence-electron chi connectivity index (χ4n) is 0.922. The van der Waals surface area contributed by atoms with E-state index in [-0.39, 0.29) is 0 Å². The van der Waals surface area contributed by atoms with Crippen LogP contribution in [0, 0.1) is 5.92 Å².